The van der Waals surface area contributed by atoms with Gasteiger partial charge < -0.3 is 22.1 Å². The van der Waals surface area contributed by atoms with Gasteiger partial charge in [-0.2, -0.15) is 0 Å². The van der Waals surface area contributed by atoms with Crippen LogP contribution in [0, 0.1) is 0 Å². The summed E-state index contributed by atoms with van der Waals surface area (Å²) in [5, 5.41) is 5.75. The topological polar surface area (TPSA) is 106 Å². The van der Waals surface area contributed by atoms with Gasteiger partial charge in [-0.15, -0.1) is 0 Å². The summed E-state index contributed by atoms with van der Waals surface area (Å²) in [6, 6.07) is 10.3. The Balaban J connectivity index is 0.000000534. The Hall–Kier alpha value is -2.08. The Morgan fingerprint density at radius 1 is 1.27 bits per heavy atom. The van der Waals surface area contributed by atoms with Crippen molar-refractivity contribution in [1.29, 1.82) is 0 Å². The van der Waals surface area contributed by atoms with E-state index in [-0.39, 0.29) is 17.9 Å². The first-order chi connectivity index (χ1) is 10.5. The maximum Gasteiger partial charge on any atom is 0.234 e. The van der Waals surface area contributed by atoms with Crippen LogP contribution in [0.3, 0.4) is 0 Å². The molecule has 0 saturated heterocycles. The van der Waals surface area contributed by atoms with Crippen molar-refractivity contribution in [3.8, 4) is 0 Å². The van der Waals surface area contributed by atoms with Crippen LogP contribution in [0.1, 0.15) is 25.8 Å². The number of carbonyl (C=O) groups is 1. The van der Waals surface area contributed by atoms with Crippen molar-refractivity contribution < 1.29 is 4.79 Å². The number of likely N-dealkylation sites (N-methyl/N-ethyl adjacent to an activating group) is 1. The fraction of sp³-hybridized carbons (Fsp3) is 0.500. The molecule has 1 rings (SSSR count). The average molecular weight is 307 g/mol. The van der Waals surface area contributed by atoms with E-state index in [2.05, 4.69) is 27.8 Å². The third-order valence-electron chi connectivity index (χ3n) is 2.65. The molecule has 0 unspecified atom stereocenters. The van der Waals surface area contributed by atoms with Gasteiger partial charge in [0.15, 0.2) is 5.96 Å². The zero-order valence-electron chi connectivity index (χ0n) is 13.8. The van der Waals surface area contributed by atoms with Gasteiger partial charge in [0.2, 0.25) is 5.91 Å². The molecule has 6 heteroatoms. The van der Waals surface area contributed by atoms with Crippen molar-refractivity contribution in [2.45, 2.75) is 32.7 Å². The van der Waals surface area contributed by atoms with Crippen LogP contribution in [0.15, 0.2) is 35.3 Å². The van der Waals surface area contributed by atoms with E-state index in [1.807, 2.05) is 32.0 Å². The van der Waals surface area contributed by atoms with Crippen molar-refractivity contribution in [3.63, 3.8) is 0 Å². The molecule has 0 aliphatic rings. The molecule has 0 aliphatic heterocycles. The van der Waals surface area contributed by atoms with Gasteiger partial charge in [0.05, 0.1) is 6.54 Å². The lowest BCUT2D eigenvalue weighted by atomic mass is 10.1. The summed E-state index contributed by atoms with van der Waals surface area (Å²) in [4.78, 5) is 15.0. The molecule has 0 fully saturated rings. The number of aliphatic imine (C=N–C) groups is 1. The molecule has 0 saturated carbocycles. The summed E-state index contributed by atoms with van der Waals surface area (Å²) in [5.74, 6) is 0.225. The maximum atomic E-state index is 11.3. The zero-order valence-corrected chi connectivity index (χ0v) is 13.8. The summed E-state index contributed by atoms with van der Waals surface area (Å²) in [5.41, 5.74) is 11.3. The highest BCUT2D eigenvalue weighted by Crippen LogP contribution is 2.02. The molecule has 22 heavy (non-hydrogen) atoms. The van der Waals surface area contributed by atoms with E-state index < -0.39 is 0 Å². The molecule has 1 aromatic carbocycles. The van der Waals surface area contributed by atoms with Gasteiger partial charge in [0, 0.05) is 12.6 Å². The molecule has 0 spiro atoms. The second kappa shape index (κ2) is 12.6. The van der Waals surface area contributed by atoms with Gasteiger partial charge in [-0.25, -0.2) is 0 Å². The van der Waals surface area contributed by atoms with Gasteiger partial charge in [0.25, 0.3) is 0 Å². The lowest BCUT2D eigenvalue weighted by molar-refractivity contribution is -0.120. The van der Waals surface area contributed by atoms with Gasteiger partial charge in [-0.1, -0.05) is 37.3 Å². The SMILES string of the molecule is CCCN=C(N)N.CNCC(=O)N[C@@H](C)Cc1ccccc1. The molecule has 6 N–H and O–H groups in total. The van der Waals surface area contributed by atoms with Crippen molar-refractivity contribution in [1.82, 2.24) is 10.6 Å². The summed E-state index contributed by atoms with van der Waals surface area (Å²) in [6.07, 6.45) is 1.87. The van der Waals surface area contributed by atoms with Gasteiger partial charge >= 0.3 is 0 Å². The van der Waals surface area contributed by atoms with Crippen molar-refractivity contribution in [2.24, 2.45) is 16.5 Å². The molecule has 0 aromatic heterocycles. The number of guanidine groups is 1. The highest BCUT2D eigenvalue weighted by atomic mass is 16.1. The van der Waals surface area contributed by atoms with Crippen molar-refractivity contribution >= 4 is 11.9 Å². The molecule has 0 radical (unpaired) electrons. The van der Waals surface area contributed by atoms with Gasteiger partial charge in [-0.3, -0.25) is 9.79 Å². The fourth-order valence-electron chi connectivity index (χ4n) is 1.75. The quantitative estimate of drug-likeness (QED) is 0.438. The van der Waals surface area contributed by atoms with Crippen molar-refractivity contribution in [2.75, 3.05) is 20.1 Å². The lowest BCUT2D eigenvalue weighted by Crippen LogP contribution is -2.39. The number of rotatable bonds is 7. The van der Waals surface area contributed by atoms with E-state index in [1.165, 1.54) is 5.56 Å². The Morgan fingerprint density at radius 2 is 1.91 bits per heavy atom. The third kappa shape index (κ3) is 11.7. The first-order valence-corrected chi connectivity index (χ1v) is 7.52. The molecule has 0 bridgehead atoms. The van der Waals surface area contributed by atoms with Crippen LogP contribution in [0.2, 0.25) is 0 Å². The predicted molar refractivity (Wildman–Crippen MR) is 92.6 cm³/mol. The minimum absolute atomic E-state index is 0.0425. The highest BCUT2D eigenvalue weighted by Gasteiger charge is 2.06. The van der Waals surface area contributed by atoms with Crippen LogP contribution in [-0.2, 0) is 11.2 Å². The standard InChI is InChI=1S/C12H18N2O.C4H11N3/c1-10(14-12(15)9-13-2)8-11-6-4-3-5-7-11;1-2-3-7-4(5)6/h3-7,10,13H,8-9H2,1-2H3,(H,14,15);2-3H2,1H3,(H4,5,6,7)/t10-;/m0./s1. The lowest BCUT2D eigenvalue weighted by Gasteiger charge is -2.13. The second-order valence-corrected chi connectivity index (χ2v) is 5.00. The minimum atomic E-state index is 0.0425. The monoisotopic (exact) mass is 307 g/mol. The number of benzene rings is 1. The summed E-state index contributed by atoms with van der Waals surface area (Å²) in [6.45, 7) is 5.15. The first-order valence-electron chi connectivity index (χ1n) is 7.52. The molecule has 6 nitrogen and oxygen atoms in total. The normalized spacial score (nSPS) is 10.9. The number of carbonyl (C=O) groups excluding carboxylic acids is 1. The van der Waals surface area contributed by atoms with Gasteiger partial charge in [0.1, 0.15) is 0 Å². The summed E-state index contributed by atoms with van der Waals surface area (Å²) in [7, 11) is 1.77. The molecular weight excluding hydrogens is 278 g/mol. The number of hydrogen-bond acceptors (Lipinski definition) is 3. The predicted octanol–water partition coefficient (Wildman–Crippen LogP) is 0.623. The molecule has 1 atom stereocenters. The maximum absolute atomic E-state index is 11.3. The van der Waals surface area contributed by atoms with E-state index in [1.54, 1.807) is 7.05 Å². The number of nitrogens with two attached hydrogens (primary N) is 2. The molecule has 1 amide bonds. The molecule has 124 valence electrons. The van der Waals surface area contributed by atoms with E-state index in [4.69, 9.17) is 11.5 Å². The largest absolute Gasteiger partial charge is 0.370 e. The summed E-state index contributed by atoms with van der Waals surface area (Å²) < 4.78 is 0. The van der Waals surface area contributed by atoms with Crippen LogP contribution in [0.5, 0.6) is 0 Å². The number of amides is 1. The summed E-state index contributed by atoms with van der Waals surface area (Å²) >= 11 is 0. The van der Waals surface area contributed by atoms with Crippen LogP contribution in [0.25, 0.3) is 0 Å². The van der Waals surface area contributed by atoms with Crippen LogP contribution >= 0.6 is 0 Å². The Kier molecular flexibility index (Phi) is 11.4. The molecule has 0 aliphatic carbocycles. The first kappa shape index (κ1) is 19.9. The molecule has 1 aromatic rings. The Labute approximate surface area is 133 Å². The second-order valence-electron chi connectivity index (χ2n) is 5.00. The Bertz CT molecular complexity index is 429. The zero-order chi connectivity index (χ0) is 16.8. The molecular formula is C16H29N5O. The Morgan fingerprint density at radius 3 is 2.36 bits per heavy atom. The van der Waals surface area contributed by atoms with Crippen LogP contribution < -0.4 is 22.1 Å². The highest BCUT2D eigenvalue weighted by molar-refractivity contribution is 5.78. The minimum Gasteiger partial charge on any atom is -0.370 e. The van der Waals surface area contributed by atoms with Gasteiger partial charge in [-0.05, 0) is 32.4 Å². The van der Waals surface area contributed by atoms with E-state index in [0.29, 0.717) is 6.54 Å². The van der Waals surface area contributed by atoms with Crippen LogP contribution in [0.4, 0.5) is 0 Å². The van der Waals surface area contributed by atoms with E-state index in [0.717, 1.165) is 19.4 Å². The fourth-order valence-corrected chi connectivity index (χ4v) is 1.75. The number of nitrogens with zero attached hydrogens (tertiary/aromatic N) is 1. The van der Waals surface area contributed by atoms with Crippen molar-refractivity contribution in [3.05, 3.63) is 35.9 Å². The smallest absolute Gasteiger partial charge is 0.234 e. The van der Waals surface area contributed by atoms with E-state index in [9.17, 15) is 4.79 Å². The third-order valence-corrected chi connectivity index (χ3v) is 2.65. The number of nitrogens with one attached hydrogen (secondary N) is 2. The number of hydrogen-bond donors (Lipinski definition) is 4. The van der Waals surface area contributed by atoms with Crippen LogP contribution in [-0.4, -0.2) is 38.0 Å². The average Bonchev–Trinajstić information content (AvgIpc) is 2.46. The molecule has 0 heterocycles. The van der Waals surface area contributed by atoms with E-state index >= 15 is 0 Å².